The Labute approximate surface area is 126 Å². The molecule has 1 aromatic rings. The molecule has 2 heterocycles. The fraction of sp³-hybridized carbons (Fsp3) is 0.800. The van der Waals surface area contributed by atoms with Crippen LogP contribution in [0.25, 0.3) is 0 Å². The molecule has 0 radical (unpaired) electrons. The Kier molecular flexibility index (Phi) is 4.41. The van der Waals surface area contributed by atoms with Gasteiger partial charge in [0, 0.05) is 13.1 Å². The van der Waals surface area contributed by atoms with Gasteiger partial charge in [0.1, 0.15) is 6.10 Å². The topological polar surface area (TPSA) is 77.2 Å². The summed E-state index contributed by atoms with van der Waals surface area (Å²) in [5, 5.41) is 0. The highest BCUT2D eigenvalue weighted by Crippen LogP contribution is 2.30. The molecule has 2 fully saturated rings. The Hall–Kier alpha value is -1.59. The molecular weight excluding hydrogens is 266 g/mol. The molecule has 0 aromatic carbocycles. The van der Waals surface area contributed by atoms with Crippen LogP contribution in [0.4, 0.5) is 11.9 Å². The van der Waals surface area contributed by atoms with Crippen LogP contribution in [0.3, 0.4) is 0 Å². The Morgan fingerprint density at radius 1 is 1.10 bits per heavy atom. The third-order valence-electron chi connectivity index (χ3n) is 4.63. The number of anilines is 2. The standard InChI is InChI=1S/C15H25N5O/c1-2-11-7-3-4-8-12(11)21-15-18-13(16)17-14(19-15)20-9-5-6-10-20/h11-12H,2-10H2,1H3,(H2,16,17,18,19). The van der Waals surface area contributed by atoms with Gasteiger partial charge in [-0.3, -0.25) is 0 Å². The Balaban J connectivity index is 1.74. The van der Waals surface area contributed by atoms with Gasteiger partial charge >= 0.3 is 6.01 Å². The maximum absolute atomic E-state index is 6.07. The van der Waals surface area contributed by atoms with E-state index >= 15 is 0 Å². The largest absolute Gasteiger partial charge is 0.460 e. The molecule has 0 amide bonds. The van der Waals surface area contributed by atoms with E-state index in [0.29, 0.717) is 17.9 Å². The van der Waals surface area contributed by atoms with E-state index in [1.165, 1.54) is 32.1 Å². The minimum absolute atomic E-state index is 0.219. The first kappa shape index (κ1) is 14.4. The summed E-state index contributed by atoms with van der Waals surface area (Å²) in [5.74, 6) is 1.52. The highest BCUT2D eigenvalue weighted by Gasteiger charge is 2.27. The van der Waals surface area contributed by atoms with Gasteiger partial charge in [-0.1, -0.05) is 13.3 Å². The van der Waals surface area contributed by atoms with Crippen molar-refractivity contribution >= 4 is 11.9 Å². The molecule has 3 rings (SSSR count). The quantitative estimate of drug-likeness (QED) is 0.918. The highest BCUT2D eigenvalue weighted by atomic mass is 16.5. The van der Waals surface area contributed by atoms with E-state index in [4.69, 9.17) is 10.5 Å². The average Bonchev–Trinajstić information content (AvgIpc) is 3.01. The first-order valence-electron chi connectivity index (χ1n) is 8.19. The van der Waals surface area contributed by atoms with Crippen LogP contribution in [-0.2, 0) is 0 Å². The lowest BCUT2D eigenvalue weighted by Gasteiger charge is -2.30. The molecule has 2 aliphatic rings. The second kappa shape index (κ2) is 6.45. The fourth-order valence-electron chi connectivity index (χ4n) is 3.40. The van der Waals surface area contributed by atoms with E-state index in [1.807, 2.05) is 0 Å². The van der Waals surface area contributed by atoms with E-state index in [1.54, 1.807) is 0 Å². The molecule has 2 unspecified atom stereocenters. The lowest BCUT2D eigenvalue weighted by molar-refractivity contribution is 0.0810. The van der Waals surface area contributed by atoms with Crippen LogP contribution in [0.5, 0.6) is 6.01 Å². The molecule has 0 spiro atoms. The predicted octanol–water partition coefficient (Wildman–Crippen LogP) is 2.40. The molecule has 21 heavy (non-hydrogen) atoms. The number of ether oxygens (including phenoxy) is 1. The van der Waals surface area contributed by atoms with E-state index in [2.05, 4.69) is 26.8 Å². The Morgan fingerprint density at radius 3 is 2.62 bits per heavy atom. The van der Waals surface area contributed by atoms with Gasteiger partial charge in [-0.05, 0) is 44.4 Å². The first-order chi connectivity index (χ1) is 10.3. The van der Waals surface area contributed by atoms with Crippen molar-refractivity contribution in [1.82, 2.24) is 15.0 Å². The summed E-state index contributed by atoms with van der Waals surface area (Å²) in [7, 11) is 0. The van der Waals surface area contributed by atoms with Crippen LogP contribution in [0.15, 0.2) is 0 Å². The van der Waals surface area contributed by atoms with Crippen molar-refractivity contribution < 1.29 is 4.74 Å². The zero-order valence-electron chi connectivity index (χ0n) is 12.8. The summed E-state index contributed by atoms with van der Waals surface area (Å²) in [6, 6.07) is 0.398. The monoisotopic (exact) mass is 291 g/mol. The molecule has 6 heteroatoms. The van der Waals surface area contributed by atoms with Crippen molar-refractivity contribution in [3.63, 3.8) is 0 Å². The van der Waals surface area contributed by atoms with Crippen LogP contribution < -0.4 is 15.4 Å². The summed E-state index contributed by atoms with van der Waals surface area (Å²) in [4.78, 5) is 15.1. The van der Waals surface area contributed by atoms with Crippen molar-refractivity contribution in [2.24, 2.45) is 5.92 Å². The zero-order valence-corrected chi connectivity index (χ0v) is 12.8. The summed E-state index contributed by atoms with van der Waals surface area (Å²) >= 11 is 0. The minimum atomic E-state index is 0.219. The first-order valence-corrected chi connectivity index (χ1v) is 8.19. The third-order valence-corrected chi connectivity index (χ3v) is 4.63. The van der Waals surface area contributed by atoms with E-state index < -0.39 is 0 Å². The molecule has 2 atom stereocenters. The molecule has 1 saturated heterocycles. The van der Waals surface area contributed by atoms with Gasteiger partial charge < -0.3 is 15.4 Å². The number of hydrogen-bond donors (Lipinski definition) is 1. The normalized spacial score (nSPS) is 26.0. The number of rotatable bonds is 4. The summed E-state index contributed by atoms with van der Waals surface area (Å²) in [5.41, 5.74) is 5.83. The second-order valence-electron chi connectivity index (χ2n) is 6.08. The van der Waals surface area contributed by atoms with Crippen LogP contribution in [0.2, 0.25) is 0 Å². The lowest BCUT2D eigenvalue weighted by Crippen LogP contribution is -2.31. The fourth-order valence-corrected chi connectivity index (χ4v) is 3.40. The van der Waals surface area contributed by atoms with Gasteiger partial charge in [0.15, 0.2) is 0 Å². The molecule has 2 N–H and O–H groups in total. The Morgan fingerprint density at radius 2 is 1.86 bits per heavy atom. The summed E-state index contributed by atoms with van der Waals surface area (Å²) in [6.07, 6.45) is 8.58. The molecule has 0 bridgehead atoms. The van der Waals surface area contributed by atoms with Crippen LogP contribution in [0.1, 0.15) is 51.9 Å². The molecule has 1 aliphatic heterocycles. The lowest BCUT2D eigenvalue weighted by atomic mass is 9.85. The number of hydrogen-bond acceptors (Lipinski definition) is 6. The molecule has 116 valence electrons. The van der Waals surface area contributed by atoms with Crippen molar-refractivity contribution in [2.75, 3.05) is 23.7 Å². The van der Waals surface area contributed by atoms with Crippen molar-refractivity contribution in [3.05, 3.63) is 0 Å². The summed E-state index contributed by atoms with van der Waals surface area (Å²) < 4.78 is 6.07. The number of nitrogens with zero attached hydrogens (tertiary/aromatic N) is 4. The van der Waals surface area contributed by atoms with Crippen molar-refractivity contribution in [3.8, 4) is 6.01 Å². The smallest absolute Gasteiger partial charge is 0.323 e. The Bertz CT molecular complexity index is 475. The minimum Gasteiger partial charge on any atom is -0.460 e. The van der Waals surface area contributed by atoms with Crippen molar-refractivity contribution in [1.29, 1.82) is 0 Å². The molecule has 6 nitrogen and oxygen atoms in total. The molecule has 1 saturated carbocycles. The zero-order chi connectivity index (χ0) is 14.7. The number of nitrogen functional groups attached to an aromatic ring is 1. The van der Waals surface area contributed by atoms with Crippen LogP contribution >= 0.6 is 0 Å². The predicted molar refractivity (Wildman–Crippen MR) is 82.4 cm³/mol. The maximum atomic E-state index is 6.07. The SMILES string of the molecule is CCC1CCCCC1Oc1nc(N)nc(N2CCCC2)n1. The number of nitrogens with two attached hydrogens (primary N) is 1. The van der Waals surface area contributed by atoms with Gasteiger partial charge in [-0.2, -0.15) is 15.0 Å². The molecule has 1 aromatic heterocycles. The van der Waals surface area contributed by atoms with E-state index in [-0.39, 0.29) is 12.1 Å². The van der Waals surface area contributed by atoms with Gasteiger partial charge in [-0.15, -0.1) is 0 Å². The summed E-state index contributed by atoms with van der Waals surface area (Å²) in [6.45, 7) is 4.21. The highest BCUT2D eigenvalue weighted by molar-refractivity contribution is 5.36. The van der Waals surface area contributed by atoms with Crippen molar-refractivity contribution in [2.45, 2.75) is 58.0 Å². The van der Waals surface area contributed by atoms with Crippen LogP contribution in [-0.4, -0.2) is 34.1 Å². The van der Waals surface area contributed by atoms with Gasteiger partial charge in [0.2, 0.25) is 11.9 Å². The van der Waals surface area contributed by atoms with E-state index in [9.17, 15) is 0 Å². The second-order valence-corrected chi connectivity index (χ2v) is 6.08. The van der Waals surface area contributed by atoms with Gasteiger partial charge in [0.05, 0.1) is 0 Å². The van der Waals surface area contributed by atoms with Crippen LogP contribution in [0, 0.1) is 5.92 Å². The average molecular weight is 291 g/mol. The third kappa shape index (κ3) is 3.36. The van der Waals surface area contributed by atoms with Gasteiger partial charge in [-0.25, -0.2) is 0 Å². The molecule has 1 aliphatic carbocycles. The molecular formula is C15H25N5O. The van der Waals surface area contributed by atoms with Gasteiger partial charge in [0.25, 0.3) is 0 Å². The number of aromatic nitrogens is 3. The maximum Gasteiger partial charge on any atom is 0.323 e. The van der Waals surface area contributed by atoms with E-state index in [0.717, 1.165) is 25.9 Å².